The van der Waals surface area contributed by atoms with E-state index in [1.165, 1.54) is 18.3 Å². The van der Waals surface area contributed by atoms with Crippen molar-refractivity contribution < 1.29 is 18.0 Å². The summed E-state index contributed by atoms with van der Waals surface area (Å²) in [7, 11) is 0. The van der Waals surface area contributed by atoms with Crippen LogP contribution in [0.1, 0.15) is 21.5 Å². The Kier molecular flexibility index (Phi) is 5.12. The number of amides is 1. The predicted octanol–water partition coefficient (Wildman–Crippen LogP) is 5.40. The van der Waals surface area contributed by atoms with Gasteiger partial charge in [-0.15, -0.1) is 0 Å². The van der Waals surface area contributed by atoms with Crippen molar-refractivity contribution in [1.82, 2.24) is 4.98 Å². The molecule has 0 fully saturated rings. The number of aryl methyl sites for hydroxylation is 1. The van der Waals surface area contributed by atoms with E-state index in [4.69, 9.17) is 0 Å². The maximum Gasteiger partial charge on any atom is 0.416 e. The number of anilines is 3. The molecule has 3 aromatic rings. The van der Waals surface area contributed by atoms with Crippen LogP contribution in [0.3, 0.4) is 0 Å². The number of nitrogens with one attached hydrogen (secondary N) is 2. The third kappa shape index (κ3) is 4.84. The van der Waals surface area contributed by atoms with Gasteiger partial charge in [0.25, 0.3) is 5.91 Å². The summed E-state index contributed by atoms with van der Waals surface area (Å²) in [6, 6.07) is 15.4. The quantitative estimate of drug-likeness (QED) is 0.645. The monoisotopic (exact) mass is 371 g/mol. The average molecular weight is 371 g/mol. The first-order chi connectivity index (χ1) is 12.8. The van der Waals surface area contributed by atoms with Gasteiger partial charge in [0.05, 0.1) is 11.1 Å². The van der Waals surface area contributed by atoms with Crippen LogP contribution in [0, 0.1) is 6.92 Å². The first-order valence-corrected chi connectivity index (χ1v) is 8.09. The molecule has 0 saturated carbocycles. The van der Waals surface area contributed by atoms with Gasteiger partial charge in [0, 0.05) is 17.6 Å². The number of hydrogen-bond acceptors (Lipinski definition) is 3. The van der Waals surface area contributed by atoms with E-state index in [-0.39, 0.29) is 11.3 Å². The van der Waals surface area contributed by atoms with Gasteiger partial charge in [0.1, 0.15) is 5.82 Å². The van der Waals surface area contributed by atoms with Crippen molar-refractivity contribution in [2.45, 2.75) is 13.1 Å². The Morgan fingerprint density at radius 3 is 2.33 bits per heavy atom. The fourth-order valence-electron chi connectivity index (χ4n) is 2.36. The third-order valence-corrected chi connectivity index (χ3v) is 3.80. The second kappa shape index (κ2) is 7.49. The van der Waals surface area contributed by atoms with E-state index in [9.17, 15) is 18.0 Å². The molecule has 1 aromatic heterocycles. The number of aromatic nitrogens is 1. The number of nitrogens with zero attached hydrogens (tertiary/aromatic N) is 1. The Morgan fingerprint density at radius 1 is 0.963 bits per heavy atom. The highest BCUT2D eigenvalue weighted by Gasteiger charge is 2.30. The number of carbonyl (C=O) groups is 1. The molecule has 138 valence electrons. The average Bonchev–Trinajstić information content (AvgIpc) is 2.64. The lowest BCUT2D eigenvalue weighted by atomic mass is 10.2. The van der Waals surface area contributed by atoms with Crippen LogP contribution in [0.4, 0.5) is 30.4 Å². The van der Waals surface area contributed by atoms with Crippen molar-refractivity contribution in [2.24, 2.45) is 0 Å². The summed E-state index contributed by atoms with van der Waals surface area (Å²) in [5.74, 6) is 0.0122. The predicted molar refractivity (Wildman–Crippen MR) is 98.1 cm³/mol. The molecule has 4 nitrogen and oxygen atoms in total. The van der Waals surface area contributed by atoms with Crippen molar-refractivity contribution in [1.29, 1.82) is 0 Å². The number of rotatable bonds is 4. The van der Waals surface area contributed by atoms with Gasteiger partial charge in [-0.2, -0.15) is 13.2 Å². The van der Waals surface area contributed by atoms with Gasteiger partial charge in [0.15, 0.2) is 0 Å². The molecule has 0 radical (unpaired) electrons. The number of halogens is 3. The lowest BCUT2D eigenvalue weighted by Gasteiger charge is -2.10. The number of pyridine rings is 1. The fourth-order valence-corrected chi connectivity index (χ4v) is 2.36. The molecule has 7 heteroatoms. The Hall–Kier alpha value is -3.35. The number of hydrogen-bond donors (Lipinski definition) is 2. The molecule has 3 rings (SSSR count). The van der Waals surface area contributed by atoms with E-state index in [0.29, 0.717) is 5.82 Å². The van der Waals surface area contributed by atoms with E-state index >= 15 is 0 Å². The molecule has 27 heavy (non-hydrogen) atoms. The van der Waals surface area contributed by atoms with Crippen molar-refractivity contribution in [3.05, 3.63) is 83.6 Å². The molecule has 0 bridgehead atoms. The van der Waals surface area contributed by atoms with Crippen molar-refractivity contribution in [3.63, 3.8) is 0 Å². The minimum absolute atomic E-state index is 0.0664. The largest absolute Gasteiger partial charge is 0.416 e. The van der Waals surface area contributed by atoms with Gasteiger partial charge in [-0.05, 0) is 49.4 Å². The van der Waals surface area contributed by atoms with Gasteiger partial charge in [0.2, 0.25) is 0 Å². The maximum absolute atomic E-state index is 12.7. The minimum atomic E-state index is -4.47. The van der Waals surface area contributed by atoms with Crippen LogP contribution < -0.4 is 10.6 Å². The zero-order valence-corrected chi connectivity index (χ0v) is 14.3. The van der Waals surface area contributed by atoms with Gasteiger partial charge in [-0.3, -0.25) is 4.79 Å². The molecule has 2 aromatic carbocycles. The molecule has 0 aliphatic heterocycles. The third-order valence-electron chi connectivity index (χ3n) is 3.80. The van der Waals surface area contributed by atoms with Crippen LogP contribution in [-0.2, 0) is 6.18 Å². The summed E-state index contributed by atoms with van der Waals surface area (Å²) >= 11 is 0. The molecular weight excluding hydrogens is 355 g/mol. The van der Waals surface area contributed by atoms with E-state index in [2.05, 4.69) is 15.6 Å². The Bertz CT molecular complexity index is 936. The second-order valence-corrected chi connectivity index (χ2v) is 5.96. The Morgan fingerprint density at radius 2 is 1.70 bits per heavy atom. The molecule has 0 spiro atoms. The summed E-state index contributed by atoms with van der Waals surface area (Å²) < 4.78 is 38.2. The molecule has 1 amide bonds. The zero-order valence-electron chi connectivity index (χ0n) is 14.3. The lowest BCUT2D eigenvalue weighted by Crippen LogP contribution is -2.13. The highest BCUT2D eigenvalue weighted by Crippen LogP contribution is 2.30. The highest BCUT2D eigenvalue weighted by molar-refractivity contribution is 6.04. The SMILES string of the molecule is Cc1ccc(Nc2ccc(C(=O)Nc3cccc(C(F)(F)F)c3)cn2)cc1. The van der Waals surface area contributed by atoms with Crippen LogP contribution >= 0.6 is 0 Å². The van der Waals surface area contributed by atoms with Crippen LogP contribution in [0.2, 0.25) is 0 Å². The van der Waals surface area contributed by atoms with Gasteiger partial charge in [-0.25, -0.2) is 4.98 Å². The lowest BCUT2D eigenvalue weighted by molar-refractivity contribution is -0.137. The molecule has 0 aliphatic carbocycles. The van der Waals surface area contributed by atoms with E-state index in [1.807, 2.05) is 31.2 Å². The fraction of sp³-hybridized carbons (Fsp3) is 0.100. The van der Waals surface area contributed by atoms with Crippen LogP contribution in [0.15, 0.2) is 66.9 Å². The van der Waals surface area contributed by atoms with Crippen LogP contribution in [0.25, 0.3) is 0 Å². The first-order valence-electron chi connectivity index (χ1n) is 8.09. The standard InChI is InChI=1S/C20H16F3N3O/c1-13-5-8-16(9-6-13)25-18-10-7-14(12-24-18)19(27)26-17-4-2-3-15(11-17)20(21,22)23/h2-12H,1H3,(H,24,25)(H,26,27). The highest BCUT2D eigenvalue weighted by atomic mass is 19.4. The summed E-state index contributed by atoms with van der Waals surface area (Å²) in [6.45, 7) is 1.99. The van der Waals surface area contributed by atoms with Gasteiger partial charge >= 0.3 is 6.18 Å². The van der Waals surface area contributed by atoms with Crippen LogP contribution in [0.5, 0.6) is 0 Å². The zero-order chi connectivity index (χ0) is 19.4. The summed E-state index contributed by atoms with van der Waals surface area (Å²) in [5.41, 5.74) is 1.47. The molecule has 1 heterocycles. The summed E-state index contributed by atoms with van der Waals surface area (Å²) in [5, 5.41) is 5.55. The van der Waals surface area contributed by atoms with Gasteiger partial charge in [-0.1, -0.05) is 23.8 Å². The molecular formula is C20H16F3N3O. The maximum atomic E-state index is 12.7. The van der Waals surface area contributed by atoms with Crippen LogP contribution in [-0.4, -0.2) is 10.9 Å². The molecule has 0 atom stereocenters. The minimum Gasteiger partial charge on any atom is -0.340 e. The molecule has 0 saturated heterocycles. The van der Waals surface area contributed by atoms with Gasteiger partial charge < -0.3 is 10.6 Å². The molecule has 0 aliphatic rings. The first kappa shape index (κ1) is 18.4. The van der Waals surface area contributed by atoms with E-state index < -0.39 is 17.6 Å². The van der Waals surface area contributed by atoms with Crippen molar-refractivity contribution in [3.8, 4) is 0 Å². The van der Waals surface area contributed by atoms with E-state index in [1.54, 1.807) is 12.1 Å². The summed E-state index contributed by atoms with van der Waals surface area (Å²) in [6.07, 6.45) is -3.11. The number of alkyl halides is 3. The second-order valence-electron chi connectivity index (χ2n) is 5.96. The normalized spacial score (nSPS) is 11.1. The smallest absolute Gasteiger partial charge is 0.340 e. The Labute approximate surface area is 154 Å². The number of carbonyl (C=O) groups excluding carboxylic acids is 1. The summed E-state index contributed by atoms with van der Waals surface area (Å²) in [4.78, 5) is 16.4. The van der Waals surface area contributed by atoms with Crippen molar-refractivity contribution in [2.75, 3.05) is 10.6 Å². The Balaban J connectivity index is 1.68. The molecule has 0 unspecified atom stereocenters. The van der Waals surface area contributed by atoms with Crippen molar-refractivity contribution >= 4 is 23.1 Å². The van der Waals surface area contributed by atoms with E-state index in [0.717, 1.165) is 23.4 Å². The number of benzene rings is 2. The topological polar surface area (TPSA) is 54.0 Å². The molecule has 2 N–H and O–H groups in total.